The molecule has 0 amide bonds. The third kappa shape index (κ3) is 2.95. The van der Waals surface area contributed by atoms with E-state index in [1.165, 1.54) is 0 Å². The molecule has 2 heterocycles. The van der Waals surface area contributed by atoms with E-state index in [2.05, 4.69) is 46.9 Å². The summed E-state index contributed by atoms with van der Waals surface area (Å²) in [5.74, 6) is -1.14. The van der Waals surface area contributed by atoms with E-state index in [9.17, 15) is 9.59 Å². The molecule has 0 radical (unpaired) electrons. The Morgan fingerprint density at radius 2 is 1.61 bits per heavy atom. The van der Waals surface area contributed by atoms with Crippen molar-refractivity contribution in [2.24, 2.45) is 28.6 Å². The van der Waals surface area contributed by atoms with Gasteiger partial charge in [0.15, 0.2) is 0 Å². The Hall–Kier alpha value is -0.900. The van der Waals surface area contributed by atoms with Crippen LogP contribution in [-0.4, -0.2) is 23.0 Å². The molecule has 0 spiro atoms. The van der Waals surface area contributed by atoms with Crippen LogP contribution in [0.3, 0.4) is 0 Å². The number of nitrogens with one attached hydrogen (secondary N) is 1. The lowest BCUT2D eigenvalue weighted by Crippen LogP contribution is -2.43. The predicted octanol–water partition coefficient (Wildman–Crippen LogP) is 3.54. The van der Waals surface area contributed by atoms with Gasteiger partial charge in [0.25, 0.3) is 0 Å². The van der Waals surface area contributed by atoms with Gasteiger partial charge in [0.1, 0.15) is 0 Å². The molecule has 23 heavy (non-hydrogen) atoms. The summed E-state index contributed by atoms with van der Waals surface area (Å²) in [6, 6.07) is 0. The monoisotopic (exact) mass is 323 g/mol. The van der Waals surface area contributed by atoms with E-state index in [0.29, 0.717) is 5.92 Å². The molecule has 5 unspecified atom stereocenters. The highest BCUT2D eigenvalue weighted by Gasteiger charge is 2.73. The minimum Gasteiger partial charge on any atom is -0.393 e. The second-order valence-corrected chi connectivity index (χ2v) is 10.3. The van der Waals surface area contributed by atoms with Crippen molar-refractivity contribution in [2.75, 3.05) is 0 Å². The molecule has 5 atom stereocenters. The first-order chi connectivity index (χ1) is 10.1. The van der Waals surface area contributed by atoms with Crippen molar-refractivity contribution in [3.05, 3.63) is 0 Å². The Bertz CT molecular complexity index is 528. The summed E-state index contributed by atoms with van der Waals surface area (Å²) in [6.45, 7) is 19.2. The SMILES string of the molecule is CC(CC(C)(C)C)C1(C)NC1(C)C1C(=O)OC(=O)C1C(C)(C)C. The fourth-order valence-electron chi connectivity index (χ4n) is 4.59. The Labute approximate surface area is 140 Å². The molecule has 2 aliphatic rings. The molecule has 0 aromatic rings. The Kier molecular flexibility index (Phi) is 4.05. The van der Waals surface area contributed by atoms with Gasteiger partial charge in [-0.3, -0.25) is 9.59 Å². The third-order valence-corrected chi connectivity index (χ3v) is 6.04. The van der Waals surface area contributed by atoms with Crippen LogP contribution in [0.5, 0.6) is 0 Å². The first-order valence-corrected chi connectivity index (χ1v) is 8.68. The molecule has 132 valence electrons. The molecule has 4 nitrogen and oxygen atoms in total. The van der Waals surface area contributed by atoms with Crippen LogP contribution >= 0.6 is 0 Å². The van der Waals surface area contributed by atoms with Gasteiger partial charge in [0.05, 0.1) is 11.8 Å². The van der Waals surface area contributed by atoms with Gasteiger partial charge < -0.3 is 10.1 Å². The molecule has 1 N–H and O–H groups in total. The zero-order valence-electron chi connectivity index (χ0n) is 16.2. The standard InChI is InChI=1S/C19H33NO3/c1-11(10-16(2,3)4)18(8)19(9,20-18)13-12(17(5,6)7)14(21)23-15(13)22/h11-13,20H,10H2,1-9H3. The lowest BCUT2D eigenvalue weighted by atomic mass is 9.65. The van der Waals surface area contributed by atoms with Crippen LogP contribution in [0.4, 0.5) is 0 Å². The predicted molar refractivity (Wildman–Crippen MR) is 90.7 cm³/mol. The van der Waals surface area contributed by atoms with Crippen LogP contribution in [0.2, 0.25) is 0 Å². The fraction of sp³-hybridized carbons (Fsp3) is 0.895. The van der Waals surface area contributed by atoms with E-state index in [-0.39, 0.29) is 28.3 Å². The molecule has 0 saturated carbocycles. The van der Waals surface area contributed by atoms with E-state index in [1.54, 1.807) is 0 Å². The first kappa shape index (κ1) is 18.4. The maximum Gasteiger partial charge on any atom is 0.319 e. The van der Waals surface area contributed by atoms with Crippen molar-refractivity contribution in [2.45, 2.75) is 79.8 Å². The Morgan fingerprint density at radius 1 is 1.09 bits per heavy atom. The number of carbonyl (C=O) groups excluding carboxylic acids is 2. The lowest BCUT2D eigenvalue weighted by molar-refractivity contribution is -0.154. The van der Waals surface area contributed by atoms with Gasteiger partial charge in [-0.05, 0) is 37.0 Å². The van der Waals surface area contributed by atoms with Crippen LogP contribution in [-0.2, 0) is 14.3 Å². The normalized spacial score (nSPS) is 39.3. The van der Waals surface area contributed by atoms with Gasteiger partial charge in [-0.2, -0.15) is 0 Å². The lowest BCUT2D eigenvalue weighted by Gasteiger charge is -2.34. The maximum absolute atomic E-state index is 12.4. The third-order valence-electron chi connectivity index (χ3n) is 6.04. The molecular formula is C19H33NO3. The second-order valence-electron chi connectivity index (χ2n) is 10.3. The fourth-order valence-corrected chi connectivity index (χ4v) is 4.59. The summed E-state index contributed by atoms with van der Waals surface area (Å²) in [7, 11) is 0. The van der Waals surface area contributed by atoms with E-state index < -0.39 is 17.4 Å². The van der Waals surface area contributed by atoms with Crippen LogP contribution in [0.1, 0.15) is 68.7 Å². The van der Waals surface area contributed by atoms with Crippen molar-refractivity contribution >= 4 is 11.9 Å². The van der Waals surface area contributed by atoms with E-state index in [1.807, 2.05) is 20.8 Å². The summed E-state index contributed by atoms with van der Waals surface area (Å²) in [5, 5.41) is 3.59. The average Bonchev–Trinajstić information content (AvgIpc) is 2.70. The largest absolute Gasteiger partial charge is 0.393 e. The summed E-state index contributed by atoms with van der Waals surface area (Å²) >= 11 is 0. The number of esters is 2. The van der Waals surface area contributed by atoms with Crippen molar-refractivity contribution in [3.8, 4) is 0 Å². The van der Waals surface area contributed by atoms with Gasteiger partial charge in [0, 0.05) is 11.1 Å². The molecule has 0 aromatic carbocycles. The molecule has 0 aromatic heterocycles. The van der Waals surface area contributed by atoms with Gasteiger partial charge >= 0.3 is 11.9 Å². The number of carbonyl (C=O) groups is 2. The van der Waals surface area contributed by atoms with Crippen molar-refractivity contribution in [1.29, 1.82) is 0 Å². The zero-order valence-corrected chi connectivity index (χ0v) is 16.2. The van der Waals surface area contributed by atoms with Gasteiger partial charge in [0.2, 0.25) is 0 Å². The van der Waals surface area contributed by atoms with Crippen LogP contribution in [0, 0.1) is 28.6 Å². The van der Waals surface area contributed by atoms with E-state index in [4.69, 9.17) is 4.74 Å². The number of cyclic esters (lactones) is 2. The first-order valence-electron chi connectivity index (χ1n) is 8.68. The van der Waals surface area contributed by atoms with Crippen molar-refractivity contribution in [1.82, 2.24) is 5.32 Å². The number of rotatable bonds is 3. The number of ether oxygens (including phenoxy) is 1. The summed E-state index contributed by atoms with van der Waals surface area (Å²) < 4.78 is 5.04. The highest BCUT2D eigenvalue weighted by molar-refractivity contribution is 5.98. The molecule has 0 bridgehead atoms. The minimum atomic E-state index is -0.414. The second kappa shape index (κ2) is 5.05. The van der Waals surface area contributed by atoms with Crippen LogP contribution < -0.4 is 5.32 Å². The molecule has 0 aliphatic carbocycles. The molecular weight excluding hydrogens is 290 g/mol. The minimum absolute atomic E-state index is 0.155. The van der Waals surface area contributed by atoms with Gasteiger partial charge in [-0.25, -0.2) is 0 Å². The average molecular weight is 323 g/mol. The maximum atomic E-state index is 12.4. The summed E-state index contributed by atoms with van der Waals surface area (Å²) in [4.78, 5) is 24.7. The Balaban J connectivity index is 2.31. The van der Waals surface area contributed by atoms with E-state index in [0.717, 1.165) is 6.42 Å². The smallest absolute Gasteiger partial charge is 0.319 e. The van der Waals surface area contributed by atoms with Crippen LogP contribution in [0.15, 0.2) is 0 Å². The zero-order chi connectivity index (χ0) is 18.0. The molecule has 4 heteroatoms. The van der Waals surface area contributed by atoms with Crippen molar-refractivity contribution < 1.29 is 14.3 Å². The quantitative estimate of drug-likeness (QED) is 0.490. The highest BCUT2D eigenvalue weighted by atomic mass is 16.6. The number of hydrogen-bond acceptors (Lipinski definition) is 4. The van der Waals surface area contributed by atoms with E-state index >= 15 is 0 Å². The molecule has 2 aliphatic heterocycles. The molecule has 2 rings (SSSR count). The summed E-state index contributed by atoms with van der Waals surface area (Å²) in [5.41, 5.74) is -0.616. The summed E-state index contributed by atoms with van der Waals surface area (Å²) in [6.07, 6.45) is 1.06. The molecule has 2 fully saturated rings. The highest BCUT2D eigenvalue weighted by Crippen LogP contribution is 2.57. The Morgan fingerprint density at radius 3 is 2.04 bits per heavy atom. The van der Waals surface area contributed by atoms with Crippen molar-refractivity contribution in [3.63, 3.8) is 0 Å². The van der Waals surface area contributed by atoms with Gasteiger partial charge in [-0.15, -0.1) is 0 Å². The number of hydrogen-bond donors (Lipinski definition) is 1. The topological polar surface area (TPSA) is 65.3 Å². The van der Waals surface area contributed by atoms with Gasteiger partial charge in [-0.1, -0.05) is 48.5 Å². The molecule has 2 saturated heterocycles. The van der Waals surface area contributed by atoms with Crippen LogP contribution in [0.25, 0.3) is 0 Å².